The minimum absolute atomic E-state index is 0.0216. The fraction of sp³-hybridized carbons (Fsp3) is 0.889. The van der Waals surface area contributed by atoms with Crippen LogP contribution in [0, 0.1) is 0 Å². The molecule has 0 bridgehead atoms. The summed E-state index contributed by atoms with van der Waals surface area (Å²) in [6.07, 6.45) is 3.37. The van der Waals surface area contributed by atoms with Gasteiger partial charge in [0.2, 0.25) is 5.91 Å². The minimum atomic E-state index is -0.751. The topological polar surface area (TPSA) is 55.1 Å². The van der Waals surface area contributed by atoms with Crippen molar-refractivity contribution in [2.45, 2.75) is 51.1 Å². The summed E-state index contributed by atoms with van der Waals surface area (Å²) in [5, 5.41) is 2.97. The zero-order valence-corrected chi connectivity index (χ0v) is 8.11. The highest BCUT2D eigenvalue weighted by atomic mass is 16.2. The van der Waals surface area contributed by atoms with E-state index in [1.807, 2.05) is 0 Å². The largest absolute Gasteiger partial charge is 0.349 e. The molecule has 12 heavy (non-hydrogen) atoms. The zero-order valence-electron chi connectivity index (χ0n) is 8.11. The van der Waals surface area contributed by atoms with Gasteiger partial charge in [-0.1, -0.05) is 0 Å². The molecule has 0 aromatic heterocycles. The summed E-state index contributed by atoms with van der Waals surface area (Å²) in [5.41, 5.74) is 4.92. The lowest BCUT2D eigenvalue weighted by Gasteiger charge is -2.40. The van der Waals surface area contributed by atoms with Gasteiger partial charge in [-0.15, -0.1) is 0 Å². The molecule has 1 saturated carbocycles. The second kappa shape index (κ2) is 2.73. The van der Waals surface area contributed by atoms with Gasteiger partial charge in [-0.2, -0.15) is 0 Å². The Kier molecular flexibility index (Phi) is 2.17. The molecule has 3 N–H and O–H groups in total. The lowest BCUT2D eigenvalue weighted by Crippen LogP contribution is -2.59. The number of nitrogens with two attached hydrogens (primary N) is 1. The molecule has 1 aliphatic rings. The van der Waals surface area contributed by atoms with Crippen LogP contribution in [0.25, 0.3) is 0 Å². The monoisotopic (exact) mass is 170 g/mol. The molecule has 1 amide bonds. The first-order valence-corrected chi connectivity index (χ1v) is 4.45. The number of hydrogen-bond acceptors (Lipinski definition) is 2. The minimum Gasteiger partial charge on any atom is -0.349 e. The number of rotatable bonds is 2. The average molecular weight is 170 g/mol. The normalized spacial score (nSPS) is 21.3. The number of amides is 1. The quantitative estimate of drug-likeness (QED) is 0.643. The summed E-state index contributed by atoms with van der Waals surface area (Å²) in [6.45, 7) is 5.52. The Morgan fingerprint density at radius 3 is 2.25 bits per heavy atom. The first-order valence-electron chi connectivity index (χ1n) is 4.45. The molecule has 1 rings (SSSR count). The van der Waals surface area contributed by atoms with Gasteiger partial charge in [0.15, 0.2) is 0 Å². The summed E-state index contributed by atoms with van der Waals surface area (Å²) >= 11 is 0. The number of carbonyl (C=O) groups is 1. The van der Waals surface area contributed by atoms with Crippen LogP contribution in [-0.2, 0) is 4.79 Å². The summed E-state index contributed by atoms with van der Waals surface area (Å²) in [6, 6.07) is 0. The molecular weight excluding hydrogens is 152 g/mol. The van der Waals surface area contributed by atoms with Gasteiger partial charge in [-0.25, -0.2) is 0 Å². The van der Waals surface area contributed by atoms with Crippen LogP contribution in [0.4, 0.5) is 0 Å². The first kappa shape index (κ1) is 9.52. The lowest BCUT2D eigenvalue weighted by molar-refractivity contribution is -0.128. The molecule has 0 saturated heterocycles. The van der Waals surface area contributed by atoms with Gasteiger partial charge in [0.1, 0.15) is 0 Å². The maximum absolute atomic E-state index is 11.4. The molecule has 0 atom stereocenters. The second-order valence-electron chi connectivity index (χ2n) is 4.59. The van der Waals surface area contributed by atoms with Gasteiger partial charge in [-0.05, 0) is 40.0 Å². The third kappa shape index (κ3) is 1.97. The van der Waals surface area contributed by atoms with Crippen molar-refractivity contribution in [2.24, 2.45) is 5.73 Å². The summed E-state index contributed by atoms with van der Waals surface area (Å²) in [4.78, 5) is 11.4. The molecule has 0 heterocycles. The molecule has 3 heteroatoms. The van der Waals surface area contributed by atoms with E-state index in [9.17, 15) is 4.79 Å². The van der Waals surface area contributed by atoms with E-state index in [0.29, 0.717) is 0 Å². The van der Waals surface area contributed by atoms with Crippen molar-refractivity contribution in [3.8, 4) is 0 Å². The van der Waals surface area contributed by atoms with E-state index in [2.05, 4.69) is 12.2 Å². The van der Waals surface area contributed by atoms with Crippen LogP contribution in [0.3, 0.4) is 0 Å². The molecule has 0 spiro atoms. The van der Waals surface area contributed by atoms with Crippen LogP contribution in [0.1, 0.15) is 40.0 Å². The maximum Gasteiger partial charge on any atom is 0.239 e. The zero-order chi connectivity index (χ0) is 9.41. The molecule has 0 aromatic rings. The van der Waals surface area contributed by atoms with Crippen LogP contribution in [-0.4, -0.2) is 17.0 Å². The average Bonchev–Trinajstić information content (AvgIpc) is 1.82. The van der Waals surface area contributed by atoms with Crippen molar-refractivity contribution in [3.05, 3.63) is 0 Å². The van der Waals surface area contributed by atoms with Crippen molar-refractivity contribution in [1.82, 2.24) is 5.32 Å². The predicted octanol–water partition coefficient (Wildman–Crippen LogP) is 0.782. The third-order valence-corrected chi connectivity index (χ3v) is 2.46. The van der Waals surface area contributed by atoms with Crippen LogP contribution >= 0.6 is 0 Å². The fourth-order valence-corrected chi connectivity index (χ4v) is 1.27. The van der Waals surface area contributed by atoms with E-state index in [4.69, 9.17) is 5.73 Å². The van der Waals surface area contributed by atoms with Crippen molar-refractivity contribution >= 4 is 5.91 Å². The Bertz CT molecular complexity index is 189. The van der Waals surface area contributed by atoms with Crippen LogP contribution in [0.2, 0.25) is 0 Å². The Morgan fingerprint density at radius 1 is 1.50 bits per heavy atom. The van der Waals surface area contributed by atoms with Crippen LogP contribution < -0.4 is 11.1 Å². The van der Waals surface area contributed by atoms with E-state index in [1.54, 1.807) is 13.8 Å². The summed E-state index contributed by atoms with van der Waals surface area (Å²) in [5.74, 6) is -0.0512. The molecular formula is C9H18N2O. The second-order valence-corrected chi connectivity index (χ2v) is 4.59. The lowest BCUT2D eigenvalue weighted by atomic mass is 9.78. The molecule has 0 unspecified atom stereocenters. The van der Waals surface area contributed by atoms with Crippen molar-refractivity contribution < 1.29 is 4.79 Å². The predicted molar refractivity (Wildman–Crippen MR) is 48.7 cm³/mol. The Hall–Kier alpha value is -0.570. The summed E-state index contributed by atoms with van der Waals surface area (Å²) < 4.78 is 0. The third-order valence-electron chi connectivity index (χ3n) is 2.46. The van der Waals surface area contributed by atoms with Crippen LogP contribution in [0.15, 0.2) is 0 Å². The first-order chi connectivity index (χ1) is 5.33. The van der Waals surface area contributed by atoms with E-state index in [1.165, 1.54) is 6.42 Å². The molecule has 0 radical (unpaired) electrons. The molecule has 1 fully saturated rings. The highest BCUT2D eigenvalue weighted by Gasteiger charge is 2.36. The molecule has 3 nitrogen and oxygen atoms in total. The molecule has 0 aliphatic heterocycles. The smallest absolute Gasteiger partial charge is 0.239 e. The van der Waals surface area contributed by atoms with Crippen molar-refractivity contribution in [2.75, 3.05) is 0 Å². The van der Waals surface area contributed by atoms with Crippen molar-refractivity contribution in [1.29, 1.82) is 0 Å². The van der Waals surface area contributed by atoms with Gasteiger partial charge in [0.05, 0.1) is 5.54 Å². The molecule has 1 aliphatic carbocycles. The van der Waals surface area contributed by atoms with Gasteiger partial charge in [0, 0.05) is 5.54 Å². The van der Waals surface area contributed by atoms with Gasteiger partial charge in [0.25, 0.3) is 0 Å². The van der Waals surface area contributed by atoms with E-state index in [-0.39, 0.29) is 11.4 Å². The Morgan fingerprint density at radius 2 is 2.00 bits per heavy atom. The SMILES string of the molecule is CC1(NC(=O)C(C)(C)N)CCC1. The number of nitrogens with one attached hydrogen (secondary N) is 1. The fourth-order valence-electron chi connectivity index (χ4n) is 1.27. The van der Waals surface area contributed by atoms with Gasteiger partial charge in [-0.3, -0.25) is 4.79 Å². The summed E-state index contributed by atoms with van der Waals surface area (Å²) in [7, 11) is 0. The number of hydrogen-bond donors (Lipinski definition) is 2. The highest BCUT2D eigenvalue weighted by Crippen LogP contribution is 2.31. The van der Waals surface area contributed by atoms with Crippen molar-refractivity contribution in [3.63, 3.8) is 0 Å². The Labute approximate surface area is 73.7 Å². The standard InChI is InChI=1S/C9H18N2O/c1-8(2,10)7(12)11-9(3)5-4-6-9/h4-6,10H2,1-3H3,(H,11,12). The number of carbonyl (C=O) groups excluding carboxylic acids is 1. The van der Waals surface area contributed by atoms with E-state index < -0.39 is 5.54 Å². The maximum atomic E-state index is 11.4. The van der Waals surface area contributed by atoms with Crippen LogP contribution in [0.5, 0.6) is 0 Å². The highest BCUT2D eigenvalue weighted by molar-refractivity contribution is 5.85. The van der Waals surface area contributed by atoms with E-state index in [0.717, 1.165) is 12.8 Å². The van der Waals surface area contributed by atoms with Gasteiger partial charge < -0.3 is 11.1 Å². The Balaban J connectivity index is 2.46. The van der Waals surface area contributed by atoms with Gasteiger partial charge >= 0.3 is 0 Å². The molecule has 70 valence electrons. The molecule has 0 aromatic carbocycles. The van der Waals surface area contributed by atoms with E-state index >= 15 is 0 Å².